The number of ether oxygens (including phenoxy) is 1. The molecule has 0 saturated heterocycles. The number of amides is 1. The molecule has 0 radical (unpaired) electrons. The fourth-order valence-electron chi connectivity index (χ4n) is 1.26. The fourth-order valence-corrected chi connectivity index (χ4v) is 1.26. The summed E-state index contributed by atoms with van der Waals surface area (Å²) in [7, 11) is 1.58. The minimum absolute atomic E-state index is 0.0860. The van der Waals surface area contributed by atoms with Crippen molar-refractivity contribution in [2.24, 2.45) is 5.10 Å². The van der Waals surface area contributed by atoms with Crippen molar-refractivity contribution >= 4 is 17.9 Å². The second kappa shape index (κ2) is 5.63. The molecule has 0 saturated carbocycles. The van der Waals surface area contributed by atoms with Gasteiger partial charge in [0.05, 0.1) is 13.3 Å². The van der Waals surface area contributed by atoms with Gasteiger partial charge in [0.2, 0.25) is 11.5 Å². The van der Waals surface area contributed by atoms with E-state index < -0.39 is 5.91 Å². The maximum absolute atomic E-state index is 11.5. The smallest absolute Gasteiger partial charge is 0.297 e. The van der Waals surface area contributed by atoms with E-state index in [1.165, 1.54) is 6.21 Å². The van der Waals surface area contributed by atoms with Crippen molar-refractivity contribution in [2.45, 2.75) is 0 Å². The number of hydrazone groups is 1. The molecular weight excluding hydrogens is 250 g/mol. The predicted octanol–water partition coefficient (Wildman–Crippen LogP) is 0.424. The van der Waals surface area contributed by atoms with Crippen LogP contribution in [0.1, 0.15) is 16.1 Å². The van der Waals surface area contributed by atoms with E-state index in [1.54, 1.807) is 31.4 Å². The van der Waals surface area contributed by atoms with Gasteiger partial charge in [0.1, 0.15) is 5.75 Å². The van der Waals surface area contributed by atoms with Gasteiger partial charge in [-0.15, -0.1) is 0 Å². The van der Waals surface area contributed by atoms with E-state index in [0.717, 1.165) is 11.3 Å². The molecule has 0 atom stereocenters. The first-order valence-electron chi connectivity index (χ1n) is 5.26. The van der Waals surface area contributed by atoms with Crippen molar-refractivity contribution < 1.29 is 14.2 Å². The summed E-state index contributed by atoms with van der Waals surface area (Å²) < 4.78 is 9.33. The Kier molecular flexibility index (Phi) is 3.72. The molecule has 98 valence electrons. The Hall–Kier alpha value is -2.90. The molecule has 1 heterocycles. The Labute approximate surface area is 108 Å². The first kappa shape index (κ1) is 12.6. The molecule has 2 aromatic rings. The lowest BCUT2D eigenvalue weighted by atomic mass is 10.2. The number of nitrogen functional groups attached to an aromatic ring is 1. The third kappa shape index (κ3) is 3.06. The lowest BCUT2D eigenvalue weighted by Gasteiger charge is -1.99. The molecule has 0 fully saturated rings. The number of methoxy groups -OCH3 is 1. The maximum atomic E-state index is 11.5. The number of hydrogen-bond donors (Lipinski definition) is 2. The zero-order chi connectivity index (χ0) is 13.7. The molecule has 1 amide bonds. The summed E-state index contributed by atoms with van der Waals surface area (Å²) >= 11 is 0. The highest BCUT2D eigenvalue weighted by atomic mass is 16.6. The van der Waals surface area contributed by atoms with Crippen molar-refractivity contribution in [3.05, 3.63) is 35.5 Å². The lowest BCUT2D eigenvalue weighted by molar-refractivity contribution is 0.0946. The minimum atomic E-state index is -0.594. The van der Waals surface area contributed by atoms with Crippen LogP contribution in [0.15, 0.2) is 34.0 Å². The highest BCUT2D eigenvalue weighted by Gasteiger charge is 2.14. The van der Waals surface area contributed by atoms with E-state index in [-0.39, 0.29) is 11.5 Å². The Bertz CT molecular complexity index is 591. The minimum Gasteiger partial charge on any atom is -0.497 e. The normalized spacial score (nSPS) is 10.6. The second-order valence-corrected chi connectivity index (χ2v) is 3.47. The largest absolute Gasteiger partial charge is 0.497 e. The number of hydrogen-bond acceptors (Lipinski definition) is 7. The maximum Gasteiger partial charge on any atom is 0.297 e. The summed E-state index contributed by atoms with van der Waals surface area (Å²) in [6.45, 7) is 0. The number of nitrogens with two attached hydrogens (primary N) is 1. The van der Waals surface area contributed by atoms with Crippen LogP contribution in [0.25, 0.3) is 0 Å². The van der Waals surface area contributed by atoms with E-state index in [9.17, 15) is 4.79 Å². The van der Waals surface area contributed by atoms with Gasteiger partial charge in [-0.05, 0) is 40.1 Å². The number of nitrogens with one attached hydrogen (secondary N) is 1. The first-order chi connectivity index (χ1) is 9.20. The van der Waals surface area contributed by atoms with E-state index >= 15 is 0 Å². The summed E-state index contributed by atoms with van der Waals surface area (Å²) in [5, 5.41) is 10.4. The Morgan fingerprint density at radius 3 is 2.74 bits per heavy atom. The molecule has 3 N–H and O–H groups in total. The van der Waals surface area contributed by atoms with Gasteiger partial charge >= 0.3 is 0 Å². The summed E-state index contributed by atoms with van der Waals surface area (Å²) in [5.74, 6) is 0.0586. The average molecular weight is 261 g/mol. The standard InChI is InChI=1S/C11H11N5O3/c1-18-8-4-2-7(3-5-8)6-13-14-11(17)9-10(12)16-19-15-9/h2-6H,1H3,(H2,12,16)(H,14,17)/b13-6+. The number of rotatable bonds is 4. The number of anilines is 1. The summed E-state index contributed by atoms with van der Waals surface area (Å²) in [6, 6.07) is 7.15. The van der Waals surface area contributed by atoms with E-state index in [0.29, 0.717) is 0 Å². The van der Waals surface area contributed by atoms with Crippen LogP contribution in [0.3, 0.4) is 0 Å². The SMILES string of the molecule is COc1ccc(/C=N/NC(=O)c2nonc2N)cc1. The number of aromatic nitrogens is 2. The third-order valence-corrected chi connectivity index (χ3v) is 2.22. The molecule has 0 unspecified atom stereocenters. The number of carbonyl (C=O) groups is 1. The summed E-state index contributed by atoms with van der Waals surface area (Å²) in [4.78, 5) is 11.5. The van der Waals surface area contributed by atoms with Crippen LogP contribution >= 0.6 is 0 Å². The molecule has 0 bridgehead atoms. The molecule has 1 aromatic carbocycles. The van der Waals surface area contributed by atoms with Crippen LogP contribution in [-0.2, 0) is 0 Å². The van der Waals surface area contributed by atoms with Crippen LogP contribution in [0.4, 0.5) is 5.82 Å². The summed E-state index contributed by atoms with van der Waals surface area (Å²) in [6.07, 6.45) is 1.47. The van der Waals surface area contributed by atoms with E-state index in [2.05, 4.69) is 25.5 Å². The van der Waals surface area contributed by atoms with Gasteiger partial charge in [-0.2, -0.15) is 5.10 Å². The van der Waals surface area contributed by atoms with Gasteiger partial charge in [0.15, 0.2) is 0 Å². The average Bonchev–Trinajstić information content (AvgIpc) is 2.86. The van der Waals surface area contributed by atoms with E-state index in [4.69, 9.17) is 10.5 Å². The number of benzene rings is 1. The third-order valence-electron chi connectivity index (χ3n) is 2.22. The van der Waals surface area contributed by atoms with Crippen molar-refractivity contribution in [2.75, 3.05) is 12.8 Å². The van der Waals surface area contributed by atoms with Gasteiger partial charge in [0, 0.05) is 0 Å². The van der Waals surface area contributed by atoms with Crippen molar-refractivity contribution in [1.82, 2.24) is 15.7 Å². The Morgan fingerprint density at radius 2 is 2.16 bits per heavy atom. The highest BCUT2D eigenvalue weighted by molar-refractivity contribution is 5.96. The number of nitrogens with zero attached hydrogens (tertiary/aromatic N) is 3. The van der Waals surface area contributed by atoms with E-state index in [1.807, 2.05) is 0 Å². The van der Waals surface area contributed by atoms with Crippen LogP contribution in [-0.4, -0.2) is 29.5 Å². The van der Waals surface area contributed by atoms with Gasteiger partial charge in [-0.3, -0.25) is 4.79 Å². The molecule has 2 rings (SSSR count). The van der Waals surface area contributed by atoms with Gasteiger partial charge in [-0.25, -0.2) is 10.1 Å². The molecule has 1 aromatic heterocycles. The Morgan fingerprint density at radius 1 is 1.42 bits per heavy atom. The van der Waals surface area contributed by atoms with Crippen molar-refractivity contribution in [3.8, 4) is 5.75 Å². The highest BCUT2D eigenvalue weighted by Crippen LogP contribution is 2.09. The summed E-state index contributed by atoms with van der Waals surface area (Å²) in [5.41, 5.74) is 8.32. The van der Waals surface area contributed by atoms with Gasteiger partial charge < -0.3 is 10.5 Å². The van der Waals surface area contributed by atoms with Crippen LogP contribution < -0.4 is 15.9 Å². The zero-order valence-corrected chi connectivity index (χ0v) is 10.0. The molecule has 0 aliphatic rings. The van der Waals surface area contributed by atoms with Gasteiger partial charge in [-0.1, -0.05) is 0 Å². The lowest BCUT2D eigenvalue weighted by Crippen LogP contribution is -2.19. The molecule has 8 heteroatoms. The molecule has 8 nitrogen and oxygen atoms in total. The molecule has 0 aliphatic heterocycles. The molecule has 0 spiro atoms. The van der Waals surface area contributed by atoms with Crippen LogP contribution in [0.2, 0.25) is 0 Å². The molecule has 0 aliphatic carbocycles. The second-order valence-electron chi connectivity index (χ2n) is 3.47. The monoisotopic (exact) mass is 261 g/mol. The molecule has 19 heavy (non-hydrogen) atoms. The topological polar surface area (TPSA) is 116 Å². The quantitative estimate of drug-likeness (QED) is 0.608. The fraction of sp³-hybridized carbons (Fsp3) is 0.0909. The van der Waals surface area contributed by atoms with Crippen molar-refractivity contribution in [1.29, 1.82) is 0 Å². The number of carbonyl (C=O) groups excluding carboxylic acids is 1. The Balaban J connectivity index is 1.96. The zero-order valence-electron chi connectivity index (χ0n) is 10.0. The van der Waals surface area contributed by atoms with Crippen LogP contribution in [0, 0.1) is 0 Å². The van der Waals surface area contributed by atoms with Gasteiger partial charge in [0.25, 0.3) is 5.91 Å². The van der Waals surface area contributed by atoms with Crippen LogP contribution in [0.5, 0.6) is 5.75 Å². The first-order valence-corrected chi connectivity index (χ1v) is 5.26. The van der Waals surface area contributed by atoms with Crippen molar-refractivity contribution in [3.63, 3.8) is 0 Å². The molecular formula is C11H11N5O3. The predicted molar refractivity (Wildman–Crippen MR) is 66.8 cm³/mol.